The summed E-state index contributed by atoms with van der Waals surface area (Å²) in [5.41, 5.74) is 10.2. The topological polar surface area (TPSA) is 81.9 Å². The van der Waals surface area contributed by atoms with Gasteiger partial charge in [0.15, 0.2) is 0 Å². The van der Waals surface area contributed by atoms with Gasteiger partial charge in [-0.15, -0.1) is 0 Å². The van der Waals surface area contributed by atoms with Crippen LogP contribution < -0.4 is 15.4 Å². The van der Waals surface area contributed by atoms with Crippen molar-refractivity contribution in [2.75, 3.05) is 18.1 Å². The number of fused-ring (bicyclic) bond motifs is 1. The molecule has 1 amide bonds. The summed E-state index contributed by atoms with van der Waals surface area (Å²) in [7, 11) is 0. The number of nitrogens with zero attached hydrogens (tertiary/aromatic N) is 1. The summed E-state index contributed by atoms with van der Waals surface area (Å²) in [6.07, 6.45) is 0.474. The summed E-state index contributed by atoms with van der Waals surface area (Å²) < 4.78 is 10.7. The summed E-state index contributed by atoms with van der Waals surface area (Å²) in [5, 5.41) is 0. The first kappa shape index (κ1) is 20.4. The average molecular weight is 447 g/mol. The Bertz CT molecular complexity index is 877. The van der Waals surface area contributed by atoms with Crippen molar-refractivity contribution >= 4 is 33.7 Å². The Morgan fingerprint density at radius 2 is 2.04 bits per heavy atom. The van der Waals surface area contributed by atoms with E-state index in [0.29, 0.717) is 18.7 Å². The molecule has 1 heterocycles. The van der Waals surface area contributed by atoms with Crippen LogP contribution in [0.1, 0.15) is 23.6 Å². The first-order valence-corrected chi connectivity index (χ1v) is 9.98. The minimum atomic E-state index is -0.749. The van der Waals surface area contributed by atoms with Crippen LogP contribution in [-0.4, -0.2) is 31.3 Å². The highest BCUT2D eigenvalue weighted by molar-refractivity contribution is 9.10. The first-order chi connectivity index (χ1) is 13.4. The third kappa shape index (κ3) is 4.36. The molecule has 28 heavy (non-hydrogen) atoms. The molecule has 7 heteroatoms. The van der Waals surface area contributed by atoms with E-state index in [9.17, 15) is 9.59 Å². The Morgan fingerprint density at radius 1 is 1.29 bits per heavy atom. The Balaban J connectivity index is 1.73. The molecular weight excluding hydrogens is 424 g/mol. The molecule has 6 nitrogen and oxygen atoms in total. The molecule has 1 atom stereocenters. The number of carbonyl (C=O) groups excluding carboxylic acids is 2. The van der Waals surface area contributed by atoms with Gasteiger partial charge in [-0.3, -0.25) is 4.79 Å². The molecule has 3 rings (SSSR count). The molecule has 1 aliphatic rings. The highest BCUT2D eigenvalue weighted by Gasteiger charge is 2.28. The molecule has 2 aromatic rings. The fraction of sp³-hybridized carbons (Fsp3) is 0.333. The number of hydrogen-bond acceptors (Lipinski definition) is 5. The lowest BCUT2D eigenvalue weighted by Gasteiger charge is -2.22. The van der Waals surface area contributed by atoms with Crippen LogP contribution in [0.4, 0.5) is 10.5 Å². The highest BCUT2D eigenvalue weighted by Crippen LogP contribution is 2.30. The van der Waals surface area contributed by atoms with E-state index in [1.165, 1.54) is 5.56 Å². The van der Waals surface area contributed by atoms with Gasteiger partial charge in [-0.2, -0.15) is 0 Å². The molecule has 0 bridgehead atoms. The zero-order valence-electron chi connectivity index (χ0n) is 15.9. The van der Waals surface area contributed by atoms with Gasteiger partial charge in [0.05, 0.1) is 12.6 Å². The maximum absolute atomic E-state index is 12.9. The fourth-order valence-electron chi connectivity index (χ4n) is 3.38. The number of ether oxygens (including phenoxy) is 2. The lowest BCUT2D eigenvalue weighted by atomic mass is 10.0. The van der Waals surface area contributed by atoms with E-state index in [1.54, 1.807) is 24.0 Å². The van der Waals surface area contributed by atoms with Crippen LogP contribution in [0.3, 0.4) is 0 Å². The molecule has 0 saturated heterocycles. The van der Waals surface area contributed by atoms with Crippen molar-refractivity contribution in [3.05, 3.63) is 57.6 Å². The van der Waals surface area contributed by atoms with Crippen LogP contribution in [0.15, 0.2) is 40.9 Å². The van der Waals surface area contributed by atoms with Gasteiger partial charge in [0, 0.05) is 16.7 Å². The molecule has 2 N–H and O–H groups in total. The van der Waals surface area contributed by atoms with Crippen molar-refractivity contribution in [1.82, 2.24) is 0 Å². The molecule has 2 aromatic carbocycles. The van der Waals surface area contributed by atoms with Gasteiger partial charge < -0.3 is 20.1 Å². The highest BCUT2D eigenvalue weighted by atomic mass is 79.9. The van der Waals surface area contributed by atoms with E-state index in [-0.39, 0.29) is 12.5 Å². The number of halogens is 1. The maximum atomic E-state index is 12.9. The molecular formula is C21H23BrN2O4. The van der Waals surface area contributed by atoms with Gasteiger partial charge in [0.2, 0.25) is 5.91 Å². The van der Waals surface area contributed by atoms with Crippen molar-refractivity contribution in [3.8, 4) is 5.75 Å². The summed E-state index contributed by atoms with van der Waals surface area (Å²) in [5.74, 6) is 0.281. The molecule has 0 saturated carbocycles. The number of anilines is 1. The number of nitrogens with two attached hydrogens (primary N) is 1. The van der Waals surface area contributed by atoms with Crippen molar-refractivity contribution in [2.24, 2.45) is 5.73 Å². The second-order valence-electron chi connectivity index (χ2n) is 6.66. The second-order valence-corrected chi connectivity index (χ2v) is 7.52. The predicted molar refractivity (Wildman–Crippen MR) is 111 cm³/mol. The fourth-order valence-corrected chi connectivity index (χ4v) is 4.08. The second kappa shape index (κ2) is 8.75. The Morgan fingerprint density at radius 3 is 2.75 bits per heavy atom. The molecule has 0 unspecified atom stereocenters. The number of aryl methyl sites for hydroxylation is 1. The normalized spacial score (nSPS) is 13.8. The largest absolute Gasteiger partial charge is 0.513 e. The molecule has 1 aliphatic heterocycles. The average Bonchev–Trinajstić information content (AvgIpc) is 3.08. The van der Waals surface area contributed by atoms with Gasteiger partial charge in [-0.05, 0) is 61.6 Å². The van der Waals surface area contributed by atoms with E-state index in [0.717, 1.165) is 27.7 Å². The summed E-state index contributed by atoms with van der Waals surface area (Å²) >= 11 is 3.50. The molecule has 0 radical (unpaired) electrons. The SMILES string of the molecule is CCOC(=O)Oc1cc(C)c(C[C@H](N)C(=O)N2CCc3ccccc32)c(Br)c1. The number of benzene rings is 2. The lowest BCUT2D eigenvalue weighted by molar-refractivity contribution is -0.119. The smallest absolute Gasteiger partial charge is 0.434 e. The van der Waals surface area contributed by atoms with Crippen molar-refractivity contribution < 1.29 is 19.1 Å². The first-order valence-electron chi connectivity index (χ1n) is 9.19. The van der Waals surface area contributed by atoms with Crippen LogP contribution in [-0.2, 0) is 22.4 Å². The van der Waals surface area contributed by atoms with Crippen LogP contribution in [0.25, 0.3) is 0 Å². The third-order valence-electron chi connectivity index (χ3n) is 4.75. The van der Waals surface area contributed by atoms with Crippen LogP contribution in [0, 0.1) is 6.92 Å². The summed E-state index contributed by atoms with van der Waals surface area (Å²) in [6.45, 7) is 4.50. The maximum Gasteiger partial charge on any atom is 0.513 e. The van der Waals surface area contributed by atoms with Gasteiger partial charge in [-0.1, -0.05) is 34.1 Å². The minimum Gasteiger partial charge on any atom is -0.434 e. The monoisotopic (exact) mass is 446 g/mol. The Labute approximate surface area is 172 Å². The Hall–Kier alpha value is -2.38. The quantitative estimate of drug-likeness (QED) is 0.558. The number of amides is 1. The van der Waals surface area contributed by atoms with Crippen molar-refractivity contribution in [3.63, 3.8) is 0 Å². The van der Waals surface area contributed by atoms with Crippen molar-refractivity contribution in [1.29, 1.82) is 0 Å². The predicted octanol–water partition coefficient (Wildman–Crippen LogP) is 3.75. The molecule has 0 aliphatic carbocycles. The van der Waals surface area contributed by atoms with E-state index < -0.39 is 12.2 Å². The van der Waals surface area contributed by atoms with E-state index in [1.807, 2.05) is 31.2 Å². The third-order valence-corrected chi connectivity index (χ3v) is 5.46. The molecule has 0 spiro atoms. The number of hydrogen-bond donors (Lipinski definition) is 1. The number of carbonyl (C=O) groups is 2. The number of rotatable bonds is 5. The van der Waals surface area contributed by atoms with E-state index >= 15 is 0 Å². The van der Waals surface area contributed by atoms with E-state index in [4.69, 9.17) is 15.2 Å². The van der Waals surface area contributed by atoms with Crippen LogP contribution in [0.5, 0.6) is 5.75 Å². The van der Waals surface area contributed by atoms with Gasteiger partial charge in [0.25, 0.3) is 0 Å². The minimum absolute atomic E-state index is 0.0944. The molecule has 0 aromatic heterocycles. The standard InChI is InChI=1S/C21H23BrN2O4/c1-3-27-21(26)28-15-10-13(2)16(17(22)11-15)12-18(23)20(25)24-9-8-14-6-4-5-7-19(14)24/h4-7,10-11,18H,3,8-9,12,23H2,1-2H3/t18-/m0/s1. The number of para-hydroxylation sites is 1. The summed E-state index contributed by atoms with van der Waals surface area (Å²) in [4.78, 5) is 26.2. The van der Waals surface area contributed by atoms with Gasteiger partial charge >= 0.3 is 6.16 Å². The van der Waals surface area contributed by atoms with Crippen molar-refractivity contribution in [2.45, 2.75) is 32.7 Å². The zero-order valence-corrected chi connectivity index (χ0v) is 17.5. The van der Waals surface area contributed by atoms with E-state index in [2.05, 4.69) is 15.9 Å². The summed E-state index contributed by atoms with van der Waals surface area (Å²) in [6, 6.07) is 10.7. The molecule has 148 valence electrons. The van der Waals surface area contributed by atoms with Crippen LogP contribution >= 0.6 is 15.9 Å². The van der Waals surface area contributed by atoms with Gasteiger partial charge in [-0.25, -0.2) is 4.79 Å². The molecule has 0 fully saturated rings. The Kier molecular flexibility index (Phi) is 6.36. The lowest BCUT2D eigenvalue weighted by Crippen LogP contribution is -2.44. The van der Waals surface area contributed by atoms with Crippen LogP contribution in [0.2, 0.25) is 0 Å². The van der Waals surface area contributed by atoms with Gasteiger partial charge in [0.1, 0.15) is 5.75 Å². The zero-order chi connectivity index (χ0) is 20.3.